The first-order valence-corrected chi connectivity index (χ1v) is 12.7. The van der Waals surface area contributed by atoms with Gasteiger partial charge in [0.25, 0.3) is 0 Å². The van der Waals surface area contributed by atoms with E-state index < -0.39 is 66.2 Å². The van der Waals surface area contributed by atoms with E-state index in [4.69, 9.17) is 10.8 Å². The third kappa shape index (κ3) is 10.4. The van der Waals surface area contributed by atoms with Crippen LogP contribution in [0.1, 0.15) is 58.9 Å². The number of aromatic hydroxyl groups is 1. The first kappa shape index (κ1) is 32.4. The van der Waals surface area contributed by atoms with Gasteiger partial charge >= 0.3 is 11.9 Å². The van der Waals surface area contributed by atoms with Gasteiger partial charge < -0.3 is 37.0 Å². The highest BCUT2D eigenvalue weighted by Crippen LogP contribution is 2.13. The minimum absolute atomic E-state index is 0.0109. The van der Waals surface area contributed by atoms with E-state index in [-0.39, 0.29) is 24.5 Å². The SMILES string of the molecule is CCC(C)C(N)C(=O)NC(Cc1ccc(O)cc1)C(=O)NC(CCC(=O)O)C(=O)NC(C(=O)O)C(C)CC. The predicted molar refractivity (Wildman–Crippen MR) is 139 cm³/mol. The molecule has 0 aliphatic heterocycles. The van der Waals surface area contributed by atoms with Crippen LogP contribution in [0.2, 0.25) is 0 Å². The number of rotatable bonds is 16. The first-order valence-electron chi connectivity index (χ1n) is 12.7. The molecule has 0 bridgehead atoms. The summed E-state index contributed by atoms with van der Waals surface area (Å²) < 4.78 is 0. The van der Waals surface area contributed by atoms with Crippen molar-refractivity contribution in [3.63, 3.8) is 0 Å². The van der Waals surface area contributed by atoms with Crippen molar-refractivity contribution >= 4 is 29.7 Å². The number of carboxylic acid groups (broad SMARTS) is 2. The Morgan fingerprint density at radius 1 is 0.816 bits per heavy atom. The molecule has 0 radical (unpaired) electrons. The first-order chi connectivity index (χ1) is 17.8. The Kier molecular flexibility index (Phi) is 13.2. The number of nitrogens with one attached hydrogen (secondary N) is 3. The molecule has 6 unspecified atom stereocenters. The molecule has 0 aliphatic rings. The zero-order valence-electron chi connectivity index (χ0n) is 22.3. The fourth-order valence-corrected chi connectivity index (χ4v) is 3.60. The van der Waals surface area contributed by atoms with E-state index in [0.29, 0.717) is 18.4 Å². The summed E-state index contributed by atoms with van der Waals surface area (Å²) in [5.41, 5.74) is 6.62. The van der Waals surface area contributed by atoms with E-state index in [2.05, 4.69) is 16.0 Å². The molecular formula is C26H40N4O8. The number of amides is 3. The molecule has 1 rings (SSSR count). The highest BCUT2D eigenvalue weighted by atomic mass is 16.4. The molecule has 0 spiro atoms. The Hall–Kier alpha value is -3.67. The Balaban J connectivity index is 3.21. The summed E-state index contributed by atoms with van der Waals surface area (Å²) in [5.74, 6) is -5.24. The summed E-state index contributed by atoms with van der Waals surface area (Å²) in [4.78, 5) is 62.0. The van der Waals surface area contributed by atoms with Gasteiger partial charge in [0.2, 0.25) is 17.7 Å². The summed E-state index contributed by atoms with van der Waals surface area (Å²) in [6.07, 6.45) is 0.310. The number of benzene rings is 1. The van der Waals surface area contributed by atoms with Crippen molar-refractivity contribution in [2.75, 3.05) is 0 Å². The second-order valence-electron chi connectivity index (χ2n) is 9.55. The number of aliphatic carboxylic acids is 2. The van der Waals surface area contributed by atoms with E-state index in [1.54, 1.807) is 32.9 Å². The topological polar surface area (TPSA) is 208 Å². The quantitative estimate of drug-likeness (QED) is 0.159. The van der Waals surface area contributed by atoms with Gasteiger partial charge in [-0.3, -0.25) is 19.2 Å². The number of carboxylic acids is 2. The molecular weight excluding hydrogens is 496 g/mol. The minimum atomic E-state index is -1.37. The minimum Gasteiger partial charge on any atom is -0.508 e. The third-order valence-corrected chi connectivity index (χ3v) is 6.63. The number of hydrogen-bond donors (Lipinski definition) is 7. The van der Waals surface area contributed by atoms with Crippen LogP contribution in [-0.4, -0.2) is 69.1 Å². The van der Waals surface area contributed by atoms with Gasteiger partial charge in [-0.05, 0) is 36.0 Å². The van der Waals surface area contributed by atoms with Crippen LogP contribution in [0, 0.1) is 11.8 Å². The van der Waals surface area contributed by atoms with E-state index in [9.17, 15) is 34.2 Å². The van der Waals surface area contributed by atoms with Crippen molar-refractivity contribution in [1.82, 2.24) is 16.0 Å². The zero-order chi connectivity index (χ0) is 29.0. The van der Waals surface area contributed by atoms with E-state index in [1.165, 1.54) is 12.1 Å². The number of carbonyl (C=O) groups is 5. The van der Waals surface area contributed by atoms with Crippen LogP contribution in [0.4, 0.5) is 0 Å². The molecule has 8 N–H and O–H groups in total. The maximum atomic E-state index is 13.3. The molecule has 0 heterocycles. The van der Waals surface area contributed by atoms with Gasteiger partial charge in [-0.1, -0.05) is 52.7 Å². The van der Waals surface area contributed by atoms with Crippen molar-refractivity contribution in [3.05, 3.63) is 29.8 Å². The van der Waals surface area contributed by atoms with Crippen molar-refractivity contribution < 1.29 is 39.3 Å². The van der Waals surface area contributed by atoms with Crippen LogP contribution >= 0.6 is 0 Å². The molecule has 212 valence electrons. The molecule has 6 atom stereocenters. The summed E-state index contributed by atoms with van der Waals surface area (Å²) in [7, 11) is 0. The number of phenolic OH excluding ortho intramolecular Hbond substituents is 1. The van der Waals surface area contributed by atoms with Gasteiger partial charge in [-0.2, -0.15) is 0 Å². The molecule has 0 saturated carbocycles. The molecule has 12 nitrogen and oxygen atoms in total. The maximum Gasteiger partial charge on any atom is 0.326 e. The molecule has 38 heavy (non-hydrogen) atoms. The monoisotopic (exact) mass is 536 g/mol. The third-order valence-electron chi connectivity index (χ3n) is 6.63. The van der Waals surface area contributed by atoms with Gasteiger partial charge in [-0.25, -0.2) is 4.79 Å². The highest BCUT2D eigenvalue weighted by Gasteiger charge is 2.32. The Morgan fingerprint density at radius 3 is 1.84 bits per heavy atom. The van der Waals surface area contributed by atoms with Crippen molar-refractivity contribution in [2.45, 2.75) is 84.0 Å². The van der Waals surface area contributed by atoms with Crippen LogP contribution in [0.25, 0.3) is 0 Å². The lowest BCUT2D eigenvalue weighted by molar-refractivity contribution is -0.144. The zero-order valence-corrected chi connectivity index (χ0v) is 22.3. The van der Waals surface area contributed by atoms with Crippen LogP contribution in [-0.2, 0) is 30.4 Å². The normalized spacial score (nSPS) is 15.7. The Labute approximate surface area is 222 Å². The highest BCUT2D eigenvalue weighted by molar-refractivity contribution is 5.94. The predicted octanol–water partition coefficient (Wildman–Crippen LogP) is 0.758. The second kappa shape index (κ2) is 15.6. The fourth-order valence-electron chi connectivity index (χ4n) is 3.60. The van der Waals surface area contributed by atoms with Gasteiger partial charge in [-0.15, -0.1) is 0 Å². The molecule has 3 amide bonds. The van der Waals surface area contributed by atoms with Gasteiger partial charge in [0.15, 0.2) is 0 Å². The smallest absolute Gasteiger partial charge is 0.326 e. The van der Waals surface area contributed by atoms with Crippen molar-refractivity contribution in [2.24, 2.45) is 17.6 Å². The number of carbonyl (C=O) groups excluding carboxylic acids is 3. The second-order valence-corrected chi connectivity index (χ2v) is 9.55. The summed E-state index contributed by atoms with van der Waals surface area (Å²) in [5, 5.41) is 35.7. The molecule has 0 aliphatic carbocycles. The van der Waals surface area contributed by atoms with Crippen LogP contribution < -0.4 is 21.7 Å². The Bertz CT molecular complexity index is 968. The van der Waals surface area contributed by atoms with E-state index >= 15 is 0 Å². The molecule has 1 aromatic carbocycles. The maximum absolute atomic E-state index is 13.3. The van der Waals surface area contributed by atoms with Gasteiger partial charge in [0, 0.05) is 12.8 Å². The molecule has 0 fully saturated rings. The Morgan fingerprint density at radius 2 is 1.34 bits per heavy atom. The summed E-state index contributed by atoms with van der Waals surface area (Å²) >= 11 is 0. The number of nitrogens with two attached hydrogens (primary N) is 1. The van der Waals surface area contributed by atoms with Crippen molar-refractivity contribution in [3.8, 4) is 5.75 Å². The molecule has 12 heteroatoms. The molecule has 0 saturated heterocycles. The summed E-state index contributed by atoms with van der Waals surface area (Å²) in [6.45, 7) is 7.07. The lowest BCUT2D eigenvalue weighted by Gasteiger charge is -2.27. The fraction of sp³-hybridized carbons (Fsp3) is 0.577. The average molecular weight is 537 g/mol. The molecule has 0 aromatic heterocycles. The average Bonchev–Trinajstić information content (AvgIpc) is 2.88. The van der Waals surface area contributed by atoms with Gasteiger partial charge in [0.1, 0.15) is 23.9 Å². The van der Waals surface area contributed by atoms with Gasteiger partial charge in [0.05, 0.1) is 6.04 Å². The van der Waals surface area contributed by atoms with E-state index in [0.717, 1.165) is 0 Å². The lowest BCUT2D eigenvalue weighted by atomic mass is 9.97. The van der Waals surface area contributed by atoms with Crippen LogP contribution in [0.5, 0.6) is 5.75 Å². The van der Waals surface area contributed by atoms with E-state index in [1.807, 2.05) is 6.92 Å². The standard InChI is InChI=1S/C26H40N4O8/c1-5-14(3)21(27)25(36)29-19(13-16-7-9-17(31)10-8-16)24(35)28-18(11-12-20(32)33)23(34)30-22(26(37)38)15(4)6-2/h7-10,14-15,18-19,21-22,31H,5-6,11-13,27H2,1-4H3,(H,28,35)(H,29,36)(H,30,34)(H,32,33)(H,37,38). The molecule has 1 aromatic rings. The largest absolute Gasteiger partial charge is 0.508 e. The summed E-state index contributed by atoms with van der Waals surface area (Å²) in [6, 6.07) is 1.27. The van der Waals surface area contributed by atoms with Crippen molar-refractivity contribution in [1.29, 1.82) is 0 Å². The van der Waals surface area contributed by atoms with Crippen LogP contribution in [0.3, 0.4) is 0 Å². The number of phenols is 1. The van der Waals surface area contributed by atoms with Crippen LogP contribution in [0.15, 0.2) is 24.3 Å². The lowest BCUT2D eigenvalue weighted by Crippen LogP contribution is -2.58. The number of hydrogen-bond acceptors (Lipinski definition) is 7.